The Bertz CT molecular complexity index is 1320. The van der Waals surface area contributed by atoms with E-state index in [1.165, 1.54) is 18.2 Å². The molecule has 0 bridgehead atoms. The molecule has 2 aromatic carbocycles. The molecule has 0 unspecified atom stereocenters. The highest BCUT2D eigenvalue weighted by atomic mass is 16.5. The number of phenols is 3. The fourth-order valence-electron chi connectivity index (χ4n) is 3.61. The van der Waals surface area contributed by atoms with E-state index in [-0.39, 0.29) is 45.8 Å². The molecule has 0 spiro atoms. The number of aromatic hydroxyl groups is 3. The van der Waals surface area contributed by atoms with Crippen molar-refractivity contribution in [1.29, 1.82) is 0 Å². The summed E-state index contributed by atoms with van der Waals surface area (Å²) in [6.07, 6.45) is 5.85. The number of fused-ring (bicyclic) bond motifs is 3. The monoisotopic (exact) mass is 420 g/mol. The third-order valence-electron chi connectivity index (χ3n) is 5.22. The van der Waals surface area contributed by atoms with Crippen molar-refractivity contribution in [3.63, 3.8) is 0 Å². The van der Waals surface area contributed by atoms with Gasteiger partial charge in [-0.15, -0.1) is 0 Å². The molecule has 0 fully saturated rings. The van der Waals surface area contributed by atoms with Gasteiger partial charge in [-0.25, -0.2) is 0 Å². The van der Waals surface area contributed by atoms with Crippen LogP contribution in [0.5, 0.6) is 23.0 Å². The van der Waals surface area contributed by atoms with Crippen LogP contribution < -0.4 is 10.2 Å². The van der Waals surface area contributed by atoms with Gasteiger partial charge in [-0.05, 0) is 64.5 Å². The third-order valence-corrected chi connectivity index (χ3v) is 5.22. The quantitative estimate of drug-likeness (QED) is 0.394. The van der Waals surface area contributed by atoms with E-state index in [2.05, 4.69) is 0 Å². The van der Waals surface area contributed by atoms with Gasteiger partial charge in [0.2, 0.25) is 5.43 Å². The summed E-state index contributed by atoms with van der Waals surface area (Å²) < 4.78 is 12.2. The molecule has 6 heteroatoms. The smallest absolute Gasteiger partial charge is 0.200 e. The highest BCUT2D eigenvalue weighted by molar-refractivity contribution is 5.95. The average Bonchev–Trinajstić information content (AvgIpc) is 2.67. The third kappa shape index (κ3) is 3.65. The number of allylic oxidation sites excluding steroid dienone is 2. The summed E-state index contributed by atoms with van der Waals surface area (Å²) in [6, 6.07) is 5.69. The Kier molecular flexibility index (Phi) is 4.81. The molecule has 1 aromatic heterocycles. The number of benzene rings is 2. The SMILES string of the molecule is CC(C)=CCc1c(-c2ccc(O)c(O)c2)oc2c3c(cc(O)c2c1=O)OC(C)(C)C=C3. The summed E-state index contributed by atoms with van der Waals surface area (Å²) in [7, 11) is 0. The van der Waals surface area contributed by atoms with Crippen LogP contribution in [-0.2, 0) is 6.42 Å². The van der Waals surface area contributed by atoms with Gasteiger partial charge < -0.3 is 24.5 Å². The molecule has 6 nitrogen and oxygen atoms in total. The molecule has 0 amide bonds. The van der Waals surface area contributed by atoms with Crippen molar-refractivity contribution in [2.75, 3.05) is 0 Å². The number of hydrogen-bond donors (Lipinski definition) is 3. The van der Waals surface area contributed by atoms with Crippen LogP contribution in [-0.4, -0.2) is 20.9 Å². The first-order valence-corrected chi connectivity index (χ1v) is 9.97. The lowest BCUT2D eigenvalue weighted by molar-refractivity contribution is 0.158. The predicted octanol–water partition coefficient (Wildman–Crippen LogP) is 5.27. The van der Waals surface area contributed by atoms with E-state index in [9.17, 15) is 20.1 Å². The second-order valence-corrected chi connectivity index (χ2v) is 8.48. The van der Waals surface area contributed by atoms with Gasteiger partial charge in [0.1, 0.15) is 28.2 Å². The summed E-state index contributed by atoms with van der Waals surface area (Å²) in [5.74, 6) is -0.136. The van der Waals surface area contributed by atoms with E-state index in [1.54, 1.807) is 6.07 Å². The topological polar surface area (TPSA) is 100 Å². The van der Waals surface area contributed by atoms with Gasteiger partial charge in [0.05, 0.1) is 5.56 Å². The first kappa shape index (κ1) is 20.6. The minimum atomic E-state index is -0.567. The van der Waals surface area contributed by atoms with Crippen molar-refractivity contribution in [1.82, 2.24) is 0 Å². The summed E-state index contributed by atoms with van der Waals surface area (Å²) in [5.41, 5.74) is 1.63. The Balaban J connectivity index is 2.09. The summed E-state index contributed by atoms with van der Waals surface area (Å²) in [6.45, 7) is 7.62. The largest absolute Gasteiger partial charge is 0.507 e. The Morgan fingerprint density at radius 3 is 2.48 bits per heavy atom. The zero-order chi connectivity index (χ0) is 22.5. The van der Waals surface area contributed by atoms with Crippen LogP contribution in [0.3, 0.4) is 0 Å². The van der Waals surface area contributed by atoms with Gasteiger partial charge in [0, 0.05) is 17.2 Å². The van der Waals surface area contributed by atoms with Crippen molar-refractivity contribution >= 4 is 17.0 Å². The Labute approximate surface area is 179 Å². The Morgan fingerprint density at radius 2 is 1.81 bits per heavy atom. The van der Waals surface area contributed by atoms with Crippen LogP contribution in [0, 0.1) is 0 Å². The van der Waals surface area contributed by atoms with E-state index < -0.39 is 5.60 Å². The summed E-state index contributed by atoms with van der Waals surface area (Å²) >= 11 is 0. The Hall–Kier alpha value is -3.67. The fraction of sp³-hybridized carbons (Fsp3) is 0.240. The van der Waals surface area contributed by atoms with Crippen molar-refractivity contribution in [2.24, 2.45) is 0 Å². The standard InChI is InChI=1S/C25H24O6/c1-13(2)5-7-16-22(29)21-19(28)12-20-15(9-10-25(3,4)31-20)24(21)30-23(16)14-6-8-17(26)18(27)11-14/h5-6,8-12,26-28H,7H2,1-4H3. The lowest BCUT2D eigenvalue weighted by Crippen LogP contribution is -2.27. The highest BCUT2D eigenvalue weighted by Gasteiger charge is 2.28. The molecule has 0 saturated carbocycles. The molecule has 4 rings (SSSR count). The number of ether oxygens (including phenoxy) is 1. The van der Waals surface area contributed by atoms with Crippen molar-refractivity contribution in [2.45, 2.75) is 39.7 Å². The molecule has 1 aliphatic rings. The maximum atomic E-state index is 13.5. The Morgan fingerprint density at radius 1 is 1.06 bits per heavy atom. The van der Waals surface area contributed by atoms with E-state index in [0.717, 1.165) is 5.57 Å². The van der Waals surface area contributed by atoms with E-state index >= 15 is 0 Å². The minimum Gasteiger partial charge on any atom is -0.507 e. The second kappa shape index (κ2) is 7.23. The number of hydrogen-bond acceptors (Lipinski definition) is 6. The first-order chi connectivity index (χ1) is 14.6. The van der Waals surface area contributed by atoms with Crippen molar-refractivity contribution in [3.8, 4) is 34.3 Å². The van der Waals surface area contributed by atoms with Gasteiger partial charge in [0.25, 0.3) is 0 Å². The molecule has 3 N–H and O–H groups in total. The first-order valence-electron chi connectivity index (χ1n) is 9.97. The maximum Gasteiger partial charge on any atom is 0.200 e. The molecular weight excluding hydrogens is 396 g/mol. The van der Waals surface area contributed by atoms with Crippen molar-refractivity contribution < 1.29 is 24.5 Å². The zero-order valence-electron chi connectivity index (χ0n) is 17.8. The van der Waals surface area contributed by atoms with E-state index in [4.69, 9.17) is 9.15 Å². The molecule has 0 aliphatic carbocycles. The average molecular weight is 420 g/mol. The molecule has 160 valence electrons. The number of phenolic OH excluding ortho intramolecular Hbond substituents is 3. The van der Waals surface area contributed by atoms with Gasteiger partial charge >= 0.3 is 0 Å². The summed E-state index contributed by atoms with van der Waals surface area (Å²) in [5, 5.41) is 30.4. The van der Waals surface area contributed by atoms with Gasteiger partial charge in [0.15, 0.2) is 17.1 Å². The molecule has 0 radical (unpaired) electrons. The highest BCUT2D eigenvalue weighted by Crippen LogP contribution is 2.42. The van der Waals surface area contributed by atoms with E-state index in [0.29, 0.717) is 22.4 Å². The normalized spacial score (nSPS) is 14.2. The molecule has 1 aliphatic heterocycles. The van der Waals surface area contributed by atoms with Crippen molar-refractivity contribution in [3.05, 3.63) is 63.3 Å². The lowest BCUT2D eigenvalue weighted by Gasteiger charge is -2.28. The van der Waals surface area contributed by atoms with Crippen LogP contribution in [0.2, 0.25) is 0 Å². The molecule has 31 heavy (non-hydrogen) atoms. The molecule has 3 aromatic rings. The second-order valence-electron chi connectivity index (χ2n) is 8.48. The lowest BCUT2D eigenvalue weighted by atomic mass is 9.97. The van der Waals surface area contributed by atoms with Crippen LogP contribution in [0.4, 0.5) is 0 Å². The van der Waals surface area contributed by atoms with Gasteiger partial charge in [-0.1, -0.05) is 11.6 Å². The number of rotatable bonds is 3. The maximum absolute atomic E-state index is 13.5. The van der Waals surface area contributed by atoms with Crippen LogP contribution in [0.1, 0.15) is 38.8 Å². The van der Waals surface area contributed by atoms with Crippen LogP contribution >= 0.6 is 0 Å². The molecular formula is C25H24O6. The molecule has 0 saturated heterocycles. The summed E-state index contributed by atoms with van der Waals surface area (Å²) in [4.78, 5) is 13.5. The fourth-order valence-corrected chi connectivity index (χ4v) is 3.61. The zero-order valence-corrected chi connectivity index (χ0v) is 17.8. The van der Waals surface area contributed by atoms with Gasteiger partial charge in [-0.3, -0.25) is 4.79 Å². The minimum absolute atomic E-state index is 0.0793. The molecule has 2 heterocycles. The van der Waals surface area contributed by atoms with Crippen LogP contribution in [0.25, 0.3) is 28.4 Å². The predicted molar refractivity (Wildman–Crippen MR) is 120 cm³/mol. The van der Waals surface area contributed by atoms with Gasteiger partial charge in [-0.2, -0.15) is 0 Å². The van der Waals surface area contributed by atoms with E-state index in [1.807, 2.05) is 45.9 Å². The molecule has 0 atom stereocenters. The van der Waals surface area contributed by atoms with Crippen LogP contribution in [0.15, 0.2) is 51.2 Å².